The zero-order valence-corrected chi connectivity index (χ0v) is 48.9. The van der Waals surface area contributed by atoms with E-state index in [-0.39, 0.29) is 92.3 Å². The first-order chi connectivity index (χ1) is 41.3. The quantitative estimate of drug-likeness (QED) is 0.0378. The molecule has 0 unspecified atom stereocenters. The maximum Gasteiger partial charge on any atom is 0.334 e. The number of esters is 4. The molecule has 0 spiro atoms. The summed E-state index contributed by atoms with van der Waals surface area (Å²) in [6.07, 6.45) is 4.52. The van der Waals surface area contributed by atoms with E-state index in [9.17, 15) is 30.6 Å². The Hall–Kier alpha value is -9.78. The molecule has 3 aliphatic rings. The molecule has 11 rings (SSSR count). The number of ether oxygens (including phenoxy) is 4. The molecular formula is C63H41N7O10S5. The van der Waals surface area contributed by atoms with Crippen LogP contribution in [-0.4, -0.2) is 50.8 Å². The summed E-state index contributed by atoms with van der Waals surface area (Å²) >= 11 is 5.04. The number of fused-ring (bicyclic) bond motifs is 7. The Morgan fingerprint density at radius 2 is 0.965 bits per heavy atom. The number of aromatic nitrogens is 1. The normalized spacial score (nSPS) is 15.1. The number of hydrogen-bond acceptors (Lipinski definition) is 20. The number of carbonyl (C=O) groups excluding carboxylic acids is 5. The lowest BCUT2D eigenvalue weighted by molar-refractivity contribution is -0.166. The van der Waals surface area contributed by atoms with Gasteiger partial charge in [0.15, 0.2) is 16.2 Å². The van der Waals surface area contributed by atoms with Gasteiger partial charge in [0.05, 0.1) is 29.0 Å². The molecule has 1 amide bonds. The van der Waals surface area contributed by atoms with Crippen LogP contribution < -0.4 is 14.8 Å². The fourth-order valence-corrected chi connectivity index (χ4v) is 16.9. The van der Waals surface area contributed by atoms with E-state index < -0.39 is 46.2 Å². The number of thiophene rings is 3. The minimum Gasteiger partial charge on any atom is -0.459 e. The second kappa shape index (κ2) is 23.8. The van der Waals surface area contributed by atoms with E-state index >= 15 is 19.2 Å². The van der Waals surface area contributed by atoms with E-state index in [0.29, 0.717) is 50.8 Å². The molecule has 1 aliphatic heterocycles. The molecule has 0 radical (unpaired) electrons. The number of amides is 1. The molecule has 2 aliphatic carbocycles. The third-order valence-corrected chi connectivity index (χ3v) is 20.3. The van der Waals surface area contributed by atoms with Crippen molar-refractivity contribution in [2.45, 2.75) is 57.6 Å². The van der Waals surface area contributed by atoms with Crippen LogP contribution in [0.2, 0.25) is 0 Å². The van der Waals surface area contributed by atoms with E-state index in [1.807, 2.05) is 24.3 Å². The molecule has 4 aromatic heterocycles. The van der Waals surface area contributed by atoms with Gasteiger partial charge in [-0.2, -0.15) is 21.0 Å². The molecule has 0 saturated carbocycles. The maximum absolute atomic E-state index is 15.7. The third kappa shape index (κ3) is 9.85. The Labute approximate surface area is 504 Å². The van der Waals surface area contributed by atoms with E-state index in [1.54, 1.807) is 141 Å². The summed E-state index contributed by atoms with van der Waals surface area (Å²) in [6.45, 7) is 2.26. The van der Waals surface area contributed by atoms with E-state index in [1.165, 1.54) is 44.3 Å². The first-order valence-corrected chi connectivity index (χ1v) is 30.1. The molecule has 418 valence electrons. The van der Waals surface area contributed by atoms with Gasteiger partial charge in [0.25, 0.3) is 11.5 Å². The van der Waals surface area contributed by atoms with Gasteiger partial charge in [0, 0.05) is 34.0 Å². The van der Waals surface area contributed by atoms with Gasteiger partial charge in [-0.25, -0.2) is 4.99 Å². The average molecular weight is 1220 g/mol. The zero-order chi connectivity index (χ0) is 59.6. The van der Waals surface area contributed by atoms with Crippen molar-refractivity contribution < 1.29 is 42.9 Å². The van der Waals surface area contributed by atoms with Gasteiger partial charge in [-0.05, 0) is 71.7 Å². The van der Waals surface area contributed by atoms with Gasteiger partial charge in [0.2, 0.25) is 10.8 Å². The van der Waals surface area contributed by atoms with Crippen LogP contribution in [0, 0.1) is 45.3 Å². The third-order valence-electron chi connectivity index (χ3n) is 14.2. The summed E-state index contributed by atoms with van der Waals surface area (Å²) in [5.41, 5.74) is -4.00. The van der Waals surface area contributed by atoms with Crippen LogP contribution in [0.25, 0.3) is 42.6 Å². The Morgan fingerprint density at radius 3 is 1.39 bits per heavy atom. The summed E-state index contributed by atoms with van der Waals surface area (Å²) in [4.78, 5) is 98.3. The molecule has 8 aromatic rings. The molecule has 5 heterocycles. The summed E-state index contributed by atoms with van der Waals surface area (Å²) in [7, 11) is 0. The molecule has 22 heteroatoms. The summed E-state index contributed by atoms with van der Waals surface area (Å²) in [6, 6.07) is 42.5. The van der Waals surface area contributed by atoms with Crippen molar-refractivity contribution >= 4 is 135 Å². The monoisotopic (exact) mass is 1220 g/mol. The highest BCUT2D eigenvalue weighted by atomic mass is 32.2. The largest absolute Gasteiger partial charge is 0.459 e. The predicted octanol–water partition coefficient (Wildman–Crippen LogP) is 9.55. The number of allylic oxidation sites excluding steroid dienone is 1. The first kappa shape index (κ1) is 57.1. The van der Waals surface area contributed by atoms with Crippen LogP contribution in [0.3, 0.4) is 0 Å². The molecule has 4 aromatic carbocycles. The van der Waals surface area contributed by atoms with Gasteiger partial charge >= 0.3 is 23.9 Å². The van der Waals surface area contributed by atoms with Crippen molar-refractivity contribution in [3.8, 4) is 24.3 Å². The summed E-state index contributed by atoms with van der Waals surface area (Å²) in [5.74, 6) is -5.03. The molecular weight excluding hydrogens is 1180 g/mol. The highest BCUT2D eigenvalue weighted by molar-refractivity contribution is 8.19. The first-order valence-electron chi connectivity index (χ1n) is 26.1. The topological polar surface area (TPSA) is 255 Å². The van der Waals surface area contributed by atoms with Crippen molar-refractivity contribution in [2.75, 3.05) is 6.54 Å². The van der Waals surface area contributed by atoms with E-state index in [4.69, 9.17) is 23.9 Å². The van der Waals surface area contributed by atoms with Gasteiger partial charge < -0.3 is 18.9 Å². The van der Waals surface area contributed by atoms with Crippen molar-refractivity contribution in [2.24, 2.45) is 4.99 Å². The minimum atomic E-state index is -2.58. The van der Waals surface area contributed by atoms with Gasteiger partial charge in [-0.1, -0.05) is 121 Å². The number of nitriles is 4. The standard InChI is InChI=1S/C63H41N7O10S5/c1-3-69-54(71)45(83-56(69)40(28-64)29-65)26-42-25-43-47(62(42,58(73)77-32-36-17-9-5-10-18-36)59(74)78-33-37-19-11-6-12-20-37)49-51(81-43)52-50(84-49)48-44(82-52)27-46(68-53-55(72)70(4-2)57(85-53)41(30-66)31-67)63(48,60(75)79-34-38-21-13-7-14-22-38)61(76)80-35-39-23-15-8-16-24-39/h5-27H,3-4,32-35H2,1-2H3/b45-26-,68-53?. The lowest BCUT2D eigenvalue weighted by atomic mass is 9.77. The molecule has 1 fully saturated rings. The number of carbonyl (C=O) groups is 5. The Kier molecular flexibility index (Phi) is 16.0. The average Bonchev–Trinajstić information content (AvgIpc) is 1.53. The van der Waals surface area contributed by atoms with Crippen LogP contribution in [0.5, 0.6) is 0 Å². The number of hydrogen-bond donors (Lipinski definition) is 0. The molecule has 0 atom stereocenters. The van der Waals surface area contributed by atoms with Crippen LogP contribution in [0.15, 0.2) is 153 Å². The number of thioether (sulfide) groups is 1. The predicted molar refractivity (Wildman–Crippen MR) is 323 cm³/mol. The highest BCUT2D eigenvalue weighted by Crippen LogP contribution is 2.61. The second-order valence-corrected chi connectivity index (χ2v) is 24.1. The maximum atomic E-state index is 15.7. The highest BCUT2D eigenvalue weighted by Gasteiger charge is 2.62. The second-order valence-electron chi connectivity index (χ2n) is 19.0. The Bertz CT molecular complexity index is 4480. The lowest BCUT2D eigenvalue weighted by Gasteiger charge is -2.28. The van der Waals surface area contributed by atoms with Gasteiger partial charge in [0.1, 0.15) is 60.4 Å². The number of benzene rings is 4. The fraction of sp³-hybridized carbons (Fsp3) is 0.159. The van der Waals surface area contributed by atoms with Crippen molar-refractivity contribution in [1.82, 2.24) is 9.47 Å². The number of rotatable bonds is 16. The van der Waals surface area contributed by atoms with Crippen molar-refractivity contribution in [3.63, 3.8) is 0 Å². The lowest BCUT2D eigenvalue weighted by Crippen LogP contribution is -2.46. The molecule has 17 nitrogen and oxygen atoms in total. The van der Waals surface area contributed by atoms with Gasteiger partial charge in [-0.3, -0.25) is 38.2 Å². The molecule has 85 heavy (non-hydrogen) atoms. The van der Waals surface area contributed by atoms with Gasteiger partial charge in [-0.15, -0.1) is 45.3 Å². The number of nitrogens with zero attached hydrogens (tertiary/aromatic N) is 7. The number of thiazole rings is 1. The van der Waals surface area contributed by atoms with Crippen LogP contribution in [0.4, 0.5) is 0 Å². The Morgan fingerprint density at radius 1 is 0.541 bits per heavy atom. The zero-order valence-electron chi connectivity index (χ0n) is 44.8. The number of aliphatic imine (C=N–C) groups is 1. The van der Waals surface area contributed by atoms with Crippen molar-refractivity contribution in [3.05, 3.63) is 206 Å². The molecule has 1 saturated heterocycles. The molecule has 0 bridgehead atoms. The Balaban J connectivity index is 1.17. The van der Waals surface area contributed by atoms with Crippen LogP contribution in [-0.2, 0) is 86.7 Å². The van der Waals surface area contributed by atoms with E-state index in [2.05, 4.69) is 0 Å². The SMILES string of the molecule is CCN1C(=O)C(=NC2=Cc3sc4c(sc5c6c(sc54)C=C(/C=c4\sc(=C(C#N)C#N)n(CC)c4=O)C6(C(=O)OCc4ccccc4)C(=O)OCc4ccccc4)c3C2(C(=O)OCc2ccccc2)C(=O)OCc2ccccc2)SC1=C(C#N)C#N. The minimum absolute atomic E-state index is 0.00772. The molecule has 0 N–H and O–H groups in total. The van der Waals surface area contributed by atoms with E-state index in [0.717, 1.165) is 34.4 Å². The summed E-state index contributed by atoms with van der Waals surface area (Å²) < 4.78 is 27.9. The van der Waals surface area contributed by atoms with Crippen LogP contribution >= 0.6 is 57.1 Å². The van der Waals surface area contributed by atoms with Crippen LogP contribution in [0.1, 0.15) is 57.0 Å². The summed E-state index contributed by atoms with van der Waals surface area (Å²) in [5, 5.41) is 39.5. The smallest absolute Gasteiger partial charge is 0.334 e. The fourth-order valence-electron chi connectivity index (χ4n) is 10.2. The van der Waals surface area contributed by atoms with Crippen molar-refractivity contribution in [1.29, 1.82) is 21.0 Å².